The van der Waals surface area contributed by atoms with Gasteiger partial charge < -0.3 is 14.8 Å². The third kappa shape index (κ3) is 3.31. The van der Waals surface area contributed by atoms with E-state index < -0.39 is 0 Å². The summed E-state index contributed by atoms with van der Waals surface area (Å²) >= 11 is 0. The van der Waals surface area contributed by atoms with Crippen molar-refractivity contribution in [2.24, 2.45) is 16.7 Å². The van der Waals surface area contributed by atoms with E-state index >= 15 is 0 Å². The smallest absolute Gasteiger partial charge is 0.230 e. The minimum absolute atomic E-state index is 0.0628. The van der Waals surface area contributed by atoms with Crippen molar-refractivity contribution >= 4 is 5.91 Å². The summed E-state index contributed by atoms with van der Waals surface area (Å²) in [5.41, 5.74) is 1.98. The Bertz CT molecular complexity index is 828. The quantitative estimate of drug-likeness (QED) is 0.677. The van der Waals surface area contributed by atoms with E-state index in [2.05, 4.69) is 42.8 Å². The Hall–Kier alpha value is -2.01. The Morgan fingerprint density at radius 3 is 2.53 bits per heavy atom. The highest BCUT2D eigenvalue weighted by Gasteiger charge is 2.60. The molecular weight excluding hydrogens is 376 g/mol. The monoisotopic (exact) mass is 412 g/mol. The number of nitrogens with zero attached hydrogens (tertiary/aromatic N) is 1. The van der Waals surface area contributed by atoms with Gasteiger partial charge in [-0.3, -0.25) is 9.69 Å². The van der Waals surface area contributed by atoms with E-state index in [9.17, 15) is 4.79 Å². The van der Waals surface area contributed by atoms with E-state index in [0.717, 1.165) is 55.0 Å². The zero-order chi connectivity index (χ0) is 21.5. The van der Waals surface area contributed by atoms with E-state index in [4.69, 9.17) is 9.47 Å². The normalized spacial score (nSPS) is 28.5. The largest absolute Gasteiger partial charge is 0.493 e. The van der Waals surface area contributed by atoms with Crippen molar-refractivity contribution in [3.05, 3.63) is 35.9 Å². The summed E-state index contributed by atoms with van der Waals surface area (Å²) in [7, 11) is 3.32. The van der Waals surface area contributed by atoms with Crippen molar-refractivity contribution in [2.75, 3.05) is 33.9 Å². The molecule has 1 aromatic carbocycles. The summed E-state index contributed by atoms with van der Waals surface area (Å²) in [4.78, 5) is 15.9. The van der Waals surface area contributed by atoms with Crippen LogP contribution in [0.4, 0.5) is 0 Å². The first-order valence-corrected chi connectivity index (χ1v) is 11.3. The second-order valence-corrected chi connectivity index (χ2v) is 9.81. The third-order valence-electron chi connectivity index (χ3n) is 8.15. The molecule has 3 atom stereocenters. The number of nitrogens with one attached hydrogen (secondary N) is 1. The average Bonchev–Trinajstić information content (AvgIpc) is 3.47. The summed E-state index contributed by atoms with van der Waals surface area (Å²) in [6.07, 6.45) is 5.43. The van der Waals surface area contributed by atoms with Gasteiger partial charge in [-0.15, -0.1) is 0 Å². The summed E-state index contributed by atoms with van der Waals surface area (Å²) < 4.78 is 10.9. The van der Waals surface area contributed by atoms with Crippen molar-refractivity contribution in [3.8, 4) is 11.5 Å². The second-order valence-electron chi connectivity index (χ2n) is 9.81. The maximum Gasteiger partial charge on any atom is 0.230 e. The van der Waals surface area contributed by atoms with E-state index in [1.54, 1.807) is 14.2 Å². The summed E-state index contributed by atoms with van der Waals surface area (Å²) in [6.45, 7) is 11.6. The number of carbonyl (C=O) groups is 1. The number of hydrogen-bond donors (Lipinski definition) is 1. The fourth-order valence-corrected chi connectivity index (χ4v) is 6.07. The van der Waals surface area contributed by atoms with Crippen LogP contribution in [-0.4, -0.2) is 44.7 Å². The molecule has 4 rings (SSSR count). The highest BCUT2D eigenvalue weighted by molar-refractivity contribution is 5.87. The molecule has 1 N–H and O–H groups in total. The molecule has 30 heavy (non-hydrogen) atoms. The van der Waals surface area contributed by atoms with Gasteiger partial charge in [-0.2, -0.15) is 0 Å². The van der Waals surface area contributed by atoms with Gasteiger partial charge in [-0.1, -0.05) is 32.1 Å². The Morgan fingerprint density at radius 2 is 1.93 bits per heavy atom. The first-order chi connectivity index (χ1) is 14.3. The molecular formula is C25H36N2O3. The predicted molar refractivity (Wildman–Crippen MR) is 119 cm³/mol. The van der Waals surface area contributed by atoms with Crippen LogP contribution in [0.25, 0.3) is 0 Å². The van der Waals surface area contributed by atoms with E-state index in [1.165, 1.54) is 12.8 Å². The van der Waals surface area contributed by atoms with Gasteiger partial charge in [0, 0.05) is 6.54 Å². The summed E-state index contributed by atoms with van der Waals surface area (Å²) in [6, 6.07) is 6.24. The van der Waals surface area contributed by atoms with Crippen molar-refractivity contribution in [1.29, 1.82) is 0 Å². The molecule has 0 unspecified atom stereocenters. The standard InChI is InChI=1S/C25H36N2O3/c1-17-24(2,3)19-10-11-25(17,15-19)23(28)26-16-20(27-12-6-7-13-27)18-8-9-21(29-4)22(14-18)30-5/h8-9,14,19-20H,1,6-7,10-13,15-16H2,2-5H3,(H,26,28)/t19-,20-,25+/m0/s1. The molecule has 1 saturated heterocycles. The topological polar surface area (TPSA) is 50.8 Å². The number of rotatable bonds is 7. The SMILES string of the molecule is C=C1C(C)(C)[C@H]2CC[C@@]1(C(=O)NC[C@@H](c1ccc(OC)c(OC)c1)N1CCCC1)C2. The Morgan fingerprint density at radius 1 is 1.23 bits per heavy atom. The number of ether oxygens (including phenoxy) is 2. The number of benzene rings is 1. The molecule has 164 valence electrons. The first kappa shape index (κ1) is 21.2. The Balaban J connectivity index is 1.54. The first-order valence-electron chi connectivity index (χ1n) is 11.3. The van der Waals surface area contributed by atoms with Gasteiger partial charge in [0.05, 0.1) is 25.7 Å². The number of hydrogen-bond acceptors (Lipinski definition) is 4. The average molecular weight is 413 g/mol. The third-order valence-corrected chi connectivity index (χ3v) is 8.15. The van der Waals surface area contributed by atoms with E-state index in [-0.39, 0.29) is 22.8 Å². The van der Waals surface area contributed by atoms with Gasteiger partial charge in [-0.05, 0) is 74.2 Å². The van der Waals surface area contributed by atoms with Crippen LogP contribution in [0, 0.1) is 16.7 Å². The molecule has 0 aromatic heterocycles. The lowest BCUT2D eigenvalue weighted by molar-refractivity contribution is -0.129. The highest BCUT2D eigenvalue weighted by atomic mass is 16.5. The van der Waals surface area contributed by atoms with E-state index in [0.29, 0.717) is 12.5 Å². The van der Waals surface area contributed by atoms with Crippen molar-refractivity contribution in [1.82, 2.24) is 10.2 Å². The second kappa shape index (κ2) is 7.92. The van der Waals surface area contributed by atoms with Gasteiger partial charge in [0.15, 0.2) is 11.5 Å². The Kier molecular flexibility index (Phi) is 5.60. The number of likely N-dealkylation sites (tertiary alicyclic amines) is 1. The molecule has 3 aliphatic rings. The van der Waals surface area contributed by atoms with Crippen LogP contribution in [-0.2, 0) is 4.79 Å². The minimum atomic E-state index is -0.374. The molecule has 5 heteroatoms. The van der Waals surface area contributed by atoms with Crippen LogP contribution >= 0.6 is 0 Å². The molecule has 0 radical (unpaired) electrons. The number of amides is 1. The number of carbonyl (C=O) groups excluding carboxylic acids is 1. The van der Waals surface area contributed by atoms with Gasteiger partial charge >= 0.3 is 0 Å². The van der Waals surface area contributed by atoms with Crippen LogP contribution in [0.5, 0.6) is 11.5 Å². The van der Waals surface area contributed by atoms with Gasteiger partial charge in [0.25, 0.3) is 0 Å². The minimum Gasteiger partial charge on any atom is -0.493 e. The Labute approximate surface area is 180 Å². The predicted octanol–water partition coefficient (Wildman–Crippen LogP) is 4.34. The lowest BCUT2D eigenvalue weighted by Gasteiger charge is -2.37. The van der Waals surface area contributed by atoms with Gasteiger partial charge in [0.1, 0.15) is 0 Å². The molecule has 5 nitrogen and oxygen atoms in total. The van der Waals surface area contributed by atoms with E-state index in [1.807, 2.05) is 6.07 Å². The maximum atomic E-state index is 13.5. The molecule has 1 amide bonds. The van der Waals surface area contributed by atoms with Crippen molar-refractivity contribution in [2.45, 2.75) is 52.0 Å². The number of fused-ring (bicyclic) bond motifs is 2. The van der Waals surface area contributed by atoms with Crippen LogP contribution in [0.1, 0.15) is 57.6 Å². The van der Waals surface area contributed by atoms with Gasteiger partial charge in [-0.25, -0.2) is 0 Å². The van der Waals surface area contributed by atoms with Crippen molar-refractivity contribution < 1.29 is 14.3 Å². The van der Waals surface area contributed by atoms with Crippen LogP contribution < -0.4 is 14.8 Å². The summed E-state index contributed by atoms with van der Waals surface area (Å²) in [5.74, 6) is 2.21. The summed E-state index contributed by atoms with van der Waals surface area (Å²) in [5, 5.41) is 3.34. The van der Waals surface area contributed by atoms with Gasteiger partial charge in [0.2, 0.25) is 5.91 Å². The van der Waals surface area contributed by atoms with Crippen LogP contribution in [0.3, 0.4) is 0 Å². The molecule has 1 aliphatic heterocycles. The lowest BCUT2D eigenvalue weighted by atomic mass is 9.68. The van der Waals surface area contributed by atoms with Crippen LogP contribution in [0.15, 0.2) is 30.4 Å². The fourth-order valence-electron chi connectivity index (χ4n) is 6.07. The van der Waals surface area contributed by atoms with Crippen molar-refractivity contribution in [3.63, 3.8) is 0 Å². The molecule has 1 aromatic rings. The molecule has 2 saturated carbocycles. The molecule has 3 fully saturated rings. The highest BCUT2D eigenvalue weighted by Crippen LogP contribution is 2.65. The molecule has 0 spiro atoms. The number of methoxy groups -OCH3 is 2. The maximum absolute atomic E-state index is 13.5. The molecule has 1 heterocycles. The molecule has 2 aliphatic carbocycles. The zero-order valence-corrected chi connectivity index (χ0v) is 18.9. The lowest BCUT2D eigenvalue weighted by Crippen LogP contribution is -2.45. The zero-order valence-electron chi connectivity index (χ0n) is 18.9. The molecule has 2 bridgehead atoms. The fraction of sp³-hybridized carbons (Fsp3) is 0.640. The van der Waals surface area contributed by atoms with Crippen LogP contribution in [0.2, 0.25) is 0 Å².